The van der Waals surface area contributed by atoms with Crippen LogP contribution in [-0.2, 0) is 33.6 Å². The van der Waals surface area contributed by atoms with Gasteiger partial charge in [-0.05, 0) is 12.8 Å². The molecule has 0 heterocycles. The topological polar surface area (TPSA) is 283 Å². The van der Waals surface area contributed by atoms with E-state index in [0.717, 1.165) is 0 Å². The normalized spacial score (nSPS) is 14.1. The molecule has 0 fully saturated rings. The smallest absolute Gasteiger partial charge is 0.326 e. The number of aliphatic hydroxyl groups excluding tert-OH is 1. The summed E-state index contributed by atoms with van der Waals surface area (Å²) in [5.74, 6) is -9.17. The second kappa shape index (κ2) is 14.3. The van der Waals surface area contributed by atoms with Gasteiger partial charge in [0.25, 0.3) is 0 Å². The number of aliphatic carboxylic acids is 4. The number of nitrogens with one attached hydrogen (secondary N) is 3. The van der Waals surface area contributed by atoms with Crippen molar-refractivity contribution in [3.63, 3.8) is 0 Å². The minimum absolute atomic E-state index is 0.273. The van der Waals surface area contributed by atoms with E-state index in [1.54, 1.807) is 0 Å². The molecule has 0 spiro atoms. The van der Waals surface area contributed by atoms with Gasteiger partial charge < -0.3 is 47.2 Å². The molecule has 3 amide bonds. The summed E-state index contributed by atoms with van der Waals surface area (Å²) in [6.45, 7) is -0.979. The lowest BCUT2D eigenvalue weighted by molar-refractivity contribution is -0.147. The maximum absolute atomic E-state index is 12.4. The maximum Gasteiger partial charge on any atom is 0.326 e. The van der Waals surface area contributed by atoms with Crippen molar-refractivity contribution < 1.29 is 59.1 Å². The Balaban J connectivity index is 5.32. The monoisotopic (exact) mass is 478 g/mol. The van der Waals surface area contributed by atoms with Crippen LogP contribution in [0.1, 0.15) is 32.1 Å². The Morgan fingerprint density at radius 3 is 1.55 bits per heavy atom. The van der Waals surface area contributed by atoms with E-state index >= 15 is 0 Å². The van der Waals surface area contributed by atoms with E-state index in [1.807, 2.05) is 10.6 Å². The van der Waals surface area contributed by atoms with E-state index in [4.69, 9.17) is 26.2 Å². The largest absolute Gasteiger partial charge is 0.481 e. The molecular weight excluding hydrogens is 452 g/mol. The van der Waals surface area contributed by atoms with Crippen molar-refractivity contribution in [2.75, 3.05) is 6.61 Å². The van der Waals surface area contributed by atoms with Gasteiger partial charge in [-0.1, -0.05) is 0 Å². The number of aliphatic hydroxyl groups is 1. The highest BCUT2D eigenvalue weighted by Gasteiger charge is 2.31. The summed E-state index contributed by atoms with van der Waals surface area (Å²) in [6, 6.07) is -6.53. The minimum Gasteiger partial charge on any atom is -0.481 e. The van der Waals surface area contributed by atoms with Gasteiger partial charge in [0.15, 0.2) is 0 Å². The zero-order valence-corrected chi connectivity index (χ0v) is 17.2. The Morgan fingerprint density at radius 2 is 1.09 bits per heavy atom. The number of carboxylic acids is 4. The van der Waals surface area contributed by atoms with Gasteiger partial charge in [-0.25, -0.2) is 4.79 Å². The lowest BCUT2D eigenvalue weighted by Crippen LogP contribution is -2.58. The molecule has 0 aromatic heterocycles. The third kappa shape index (κ3) is 12.0. The number of carbonyl (C=O) groups excluding carboxylic acids is 3. The van der Waals surface area contributed by atoms with Gasteiger partial charge in [-0.15, -0.1) is 0 Å². The molecule has 0 saturated heterocycles. The van der Waals surface area contributed by atoms with E-state index in [0.29, 0.717) is 0 Å². The van der Waals surface area contributed by atoms with Crippen molar-refractivity contribution in [2.24, 2.45) is 5.73 Å². The molecule has 0 aromatic carbocycles. The molecule has 0 radical (unpaired) electrons. The number of nitrogens with two attached hydrogens (primary N) is 1. The molecule has 33 heavy (non-hydrogen) atoms. The van der Waals surface area contributed by atoms with Crippen LogP contribution in [0.5, 0.6) is 0 Å². The zero-order valence-electron chi connectivity index (χ0n) is 17.2. The van der Waals surface area contributed by atoms with Crippen molar-refractivity contribution in [3.8, 4) is 0 Å². The average molecular weight is 478 g/mol. The van der Waals surface area contributed by atoms with E-state index in [2.05, 4.69) is 5.32 Å². The Hall–Kier alpha value is -3.79. The first-order chi connectivity index (χ1) is 15.3. The first kappa shape index (κ1) is 29.2. The maximum atomic E-state index is 12.4. The van der Waals surface area contributed by atoms with Crippen molar-refractivity contribution in [1.29, 1.82) is 0 Å². The molecule has 16 heteroatoms. The first-order valence-electron chi connectivity index (χ1n) is 9.44. The molecule has 4 unspecified atom stereocenters. The molecule has 16 nitrogen and oxygen atoms in total. The zero-order chi connectivity index (χ0) is 25.7. The van der Waals surface area contributed by atoms with Crippen LogP contribution in [0.4, 0.5) is 0 Å². The molecule has 4 atom stereocenters. The van der Waals surface area contributed by atoms with Gasteiger partial charge >= 0.3 is 23.9 Å². The van der Waals surface area contributed by atoms with Gasteiger partial charge in [0, 0.05) is 12.8 Å². The van der Waals surface area contributed by atoms with Crippen molar-refractivity contribution in [3.05, 3.63) is 0 Å². The molecule has 0 saturated carbocycles. The molecule has 0 aliphatic carbocycles. The highest BCUT2D eigenvalue weighted by atomic mass is 16.4. The van der Waals surface area contributed by atoms with Crippen molar-refractivity contribution in [1.82, 2.24) is 16.0 Å². The molecule has 0 rings (SSSR count). The minimum atomic E-state index is -1.88. The first-order valence-corrected chi connectivity index (χ1v) is 9.44. The number of hydrogen-bond acceptors (Lipinski definition) is 9. The number of hydrogen-bond donors (Lipinski definition) is 9. The van der Waals surface area contributed by atoms with Crippen LogP contribution in [0.2, 0.25) is 0 Å². The fourth-order valence-electron chi connectivity index (χ4n) is 2.34. The van der Waals surface area contributed by atoms with Crippen LogP contribution >= 0.6 is 0 Å². The number of carboxylic acid groups (broad SMARTS) is 4. The molecule has 0 bridgehead atoms. The lowest BCUT2D eigenvalue weighted by atomic mass is 10.1. The number of rotatable bonds is 16. The molecule has 0 aliphatic heterocycles. The van der Waals surface area contributed by atoms with Gasteiger partial charge in [0.05, 0.1) is 19.1 Å². The Morgan fingerprint density at radius 1 is 0.636 bits per heavy atom. The van der Waals surface area contributed by atoms with E-state index in [1.165, 1.54) is 0 Å². The van der Waals surface area contributed by atoms with Gasteiger partial charge in [0.2, 0.25) is 17.7 Å². The van der Waals surface area contributed by atoms with E-state index in [-0.39, 0.29) is 6.42 Å². The lowest BCUT2D eigenvalue weighted by Gasteiger charge is -2.24. The Bertz CT molecular complexity index is 771. The predicted molar refractivity (Wildman–Crippen MR) is 104 cm³/mol. The summed E-state index contributed by atoms with van der Waals surface area (Å²) in [5, 5.41) is 50.5. The quantitative estimate of drug-likeness (QED) is 0.102. The summed E-state index contributed by atoms with van der Waals surface area (Å²) in [5.41, 5.74) is 5.50. The Kier molecular flexibility index (Phi) is 12.7. The molecule has 0 aromatic rings. The predicted octanol–water partition coefficient (Wildman–Crippen LogP) is -3.95. The third-order valence-electron chi connectivity index (χ3n) is 4.09. The Labute approximate surface area is 186 Å². The second-order valence-electron chi connectivity index (χ2n) is 6.77. The van der Waals surface area contributed by atoms with E-state index in [9.17, 15) is 38.7 Å². The highest BCUT2D eigenvalue weighted by Crippen LogP contribution is 2.03. The van der Waals surface area contributed by atoms with Gasteiger partial charge in [0.1, 0.15) is 18.1 Å². The van der Waals surface area contributed by atoms with Crippen LogP contribution < -0.4 is 21.7 Å². The van der Waals surface area contributed by atoms with Crippen LogP contribution in [0.25, 0.3) is 0 Å². The highest BCUT2D eigenvalue weighted by molar-refractivity contribution is 5.95. The summed E-state index contributed by atoms with van der Waals surface area (Å²) in [7, 11) is 0. The summed E-state index contributed by atoms with van der Waals surface area (Å²) in [6.07, 6.45) is -2.89. The van der Waals surface area contributed by atoms with Crippen molar-refractivity contribution in [2.45, 2.75) is 56.3 Å². The van der Waals surface area contributed by atoms with Crippen LogP contribution in [0.3, 0.4) is 0 Å². The SMILES string of the molecule is NC(CCC(=O)O)C(=O)NC(CO)C(=O)NC(CCC(=O)O)C(=O)NC(CC(=O)O)C(=O)O. The van der Waals surface area contributed by atoms with Gasteiger partial charge in [-0.3, -0.25) is 28.8 Å². The molecule has 0 aliphatic rings. The van der Waals surface area contributed by atoms with E-state index < -0.39 is 98.1 Å². The second-order valence-corrected chi connectivity index (χ2v) is 6.77. The average Bonchev–Trinajstić information content (AvgIpc) is 2.71. The summed E-state index contributed by atoms with van der Waals surface area (Å²) < 4.78 is 0. The van der Waals surface area contributed by atoms with Crippen molar-refractivity contribution >= 4 is 41.6 Å². The summed E-state index contributed by atoms with van der Waals surface area (Å²) in [4.78, 5) is 80.0. The molecule has 186 valence electrons. The number of carbonyl (C=O) groups is 7. The summed E-state index contributed by atoms with van der Waals surface area (Å²) >= 11 is 0. The molecule has 10 N–H and O–H groups in total. The third-order valence-corrected chi connectivity index (χ3v) is 4.09. The number of amides is 3. The molecular formula is C17H26N4O12. The fraction of sp³-hybridized carbons (Fsp3) is 0.588. The van der Waals surface area contributed by atoms with Crippen LogP contribution in [0, 0.1) is 0 Å². The van der Waals surface area contributed by atoms with Crippen LogP contribution in [0.15, 0.2) is 0 Å². The van der Waals surface area contributed by atoms with Crippen LogP contribution in [-0.4, -0.2) is 97.9 Å². The standard InChI is InChI=1S/C17H26N4O12/c18-7(1-3-11(23)24)14(29)21-10(6-22)16(31)19-8(2-4-12(25)26)15(30)20-9(17(32)33)5-13(27)28/h7-10,22H,1-6,18H2,(H,19,31)(H,20,30)(H,21,29)(H,23,24)(H,25,26)(H,27,28)(H,32,33). The fourth-order valence-corrected chi connectivity index (χ4v) is 2.34. The van der Waals surface area contributed by atoms with Gasteiger partial charge in [-0.2, -0.15) is 0 Å².